The summed E-state index contributed by atoms with van der Waals surface area (Å²) >= 11 is 0. The van der Waals surface area contributed by atoms with Crippen LogP contribution >= 0.6 is 0 Å². The summed E-state index contributed by atoms with van der Waals surface area (Å²) in [5, 5.41) is 22.3. The van der Waals surface area contributed by atoms with Gasteiger partial charge in [0.2, 0.25) is 0 Å². The van der Waals surface area contributed by atoms with Gasteiger partial charge in [-0.1, -0.05) is 36.4 Å². The van der Waals surface area contributed by atoms with E-state index in [1.807, 2.05) is 0 Å². The molecule has 8 heteroatoms. The summed E-state index contributed by atoms with van der Waals surface area (Å²) in [6.45, 7) is 1.72. The van der Waals surface area contributed by atoms with Crippen molar-refractivity contribution in [1.29, 1.82) is 0 Å². The second-order valence-corrected chi connectivity index (χ2v) is 6.79. The van der Waals surface area contributed by atoms with E-state index in [0.717, 1.165) is 4.90 Å². The van der Waals surface area contributed by atoms with Crippen LogP contribution in [-0.2, 0) is 15.1 Å². The van der Waals surface area contributed by atoms with Crippen molar-refractivity contribution >= 4 is 17.6 Å². The molecule has 0 radical (unpaired) electrons. The number of carbonyl (C=O) groups excluding carboxylic acids is 2. The highest BCUT2D eigenvalue weighted by Crippen LogP contribution is 2.57. The Hall–Kier alpha value is -3.26. The number of amides is 1. The van der Waals surface area contributed by atoms with Gasteiger partial charge in [-0.25, -0.2) is 4.79 Å². The van der Waals surface area contributed by atoms with Crippen LogP contribution in [0.2, 0.25) is 0 Å². The molecule has 0 unspecified atom stereocenters. The van der Waals surface area contributed by atoms with Gasteiger partial charge in [0.1, 0.15) is 6.23 Å². The number of nitro benzene ring substituents is 1. The molecule has 4 rings (SSSR count). The topological polar surface area (TPSA) is 110 Å². The predicted molar refractivity (Wildman–Crippen MR) is 97.4 cm³/mol. The van der Waals surface area contributed by atoms with Crippen LogP contribution in [0.4, 0.5) is 5.69 Å². The van der Waals surface area contributed by atoms with Crippen LogP contribution in [0.15, 0.2) is 48.5 Å². The maximum atomic E-state index is 13.3. The highest BCUT2D eigenvalue weighted by atomic mass is 16.6. The molecule has 2 heterocycles. The number of hydrogen-bond acceptors (Lipinski definition) is 6. The molecule has 1 amide bonds. The molecule has 0 saturated carbocycles. The summed E-state index contributed by atoms with van der Waals surface area (Å²) in [5.74, 6) is -2.01. The lowest BCUT2D eigenvalue weighted by molar-refractivity contribution is -0.385. The van der Waals surface area contributed by atoms with Gasteiger partial charge in [0, 0.05) is 35.1 Å². The summed E-state index contributed by atoms with van der Waals surface area (Å²) in [6, 6.07) is 12.7. The summed E-state index contributed by atoms with van der Waals surface area (Å²) in [5.41, 5.74) is -0.834. The SMILES string of the molecule is CCOC(=O)[C@@]12c3ccccc3C(=O)N1[C@@H](O)C[C@@H]2c1ccccc1[N+](=O)[O-]. The third-order valence-corrected chi connectivity index (χ3v) is 5.51. The van der Waals surface area contributed by atoms with Gasteiger partial charge in [-0.3, -0.25) is 19.8 Å². The molecule has 3 atom stereocenters. The van der Waals surface area contributed by atoms with Gasteiger partial charge >= 0.3 is 5.97 Å². The van der Waals surface area contributed by atoms with Gasteiger partial charge in [-0.15, -0.1) is 0 Å². The first kappa shape index (κ1) is 18.1. The van der Waals surface area contributed by atoms with Gasteiger partial charge in [-0.2, -0.15) is 0 Å². The van der Waals surface area contributed by atoms with Crippen molar-refractivity contribution in [2.45, 2.75) is 31.0 Å². The fourth-order valence-electron chi connectivity index (χ4n) is 4.53. The molecule has 1 fully saturated rings. The molecule has 2 aliphatic heterocycles. The van der Waals surface area contributed by atoms with E-state index in [1.165, 1.54) is 12.1 Å². The average Bonchev–Trinajstić information content (AvgIpc) is 3.14. The minimum absolute atomic E-state index is 0.0102. The Labute approximate surface area is 160 Å². The van der Waals surface area contributed by atoms with Crippen LogP contribution in [0.1, 0.15) is 40.7 Å². The predicted octanol–water partition coefficient (Wildman–Crippen LogP) is 2.31. The summed E-state index contributed by atoms with van der Waals surface area (Å²) in [6.07, 6.45) is -1.28. The highest BCUT2D eigenvalue weighted by molar-refractivity contribution is 6.07. The van der Waals surface area contributed by atoms with Crippen LogP contribution in [0.3, 0.4) is 0 Å². The number of fused-ring (bicyclic) bond motifs is 3. The molecule has 2 aromatic rings. The highest BCUT2D eigenvalue weighted by Gasteiger charge is 2.67. The number of rotatable bonds is 4. The molecule has 0 aromatic heterocycles. The number of benzene rings is 2. The van der Waals surface area contributed by atoms with Crippen LogP contribution in [0.25, 0.3) is 0 Å². The Morgan fingerprint density at radius 3 is 2.68 bits per heavy atom. The quantitative estimate of drug-likeness (QED) is 0.494. The van der Waals surface area contributed by atoms with Crippen molar-refractivity contribution in [3.8, 4) is 0 Å². The molecular weight excluding hydrogens is 364 g/mol. The molecule has 0 spiro atoms. The van der Waals surface area contributed by atoms with E-state index in [1.54, 1.807) is 43.3 Å². The normalized spacial score (nSPS) is 25.4. The van der Waals surface area contributed by atoms with Crippen molar-refractivity contribution in [2.24, 2.45) is 0 Å². The van der Waals surface area contributed by atoms with Crippen LogP contribution in [0, 0.1) is 10.1 Å². The molecule has 0 bridgehead atoms. The second kappa shape index (κ2) is 6.42. The number of aliphatic hydroxyl groups is 1. The molecule has 1 saturated heterocycles. The second-order valence-electron chi connectivity index (χ2n) is 6.79. The van der Waals surface area contributed by atoms with E-state index in [-0.39, 0.29) is 29.8 Å². The first-order chi connectivity index (χ1) is 13.4. The minimum atomic E-state index is -1.64. The Morgan fingerprint density at radius 1 is 1.29 bits per heavy atom. The molecule has 2 aromatic carbocycles. The van der Waals surface area contributed by atoms with Crippen LogP contribution in [0.5, 0.6) is 0 Å². The van der Waals surface area contributed by atoms with Gasteiger partial charge in [0.05, 0.1) is 11.5 Å². The van der Waals surface area contributed by atoms with Crippen molar-refractivity contribution in [2.75, 3.05) is 6.61 Å². The number of hydrogen-bond donors (Lipinski definition) is 1. The Bertz CT molecular complexity index is 990. The standard InChI is InChI=1S/C20H18N2O6/c1-2-28-19(25)20-14-9-5-3-8-13(14)18(24)21(20)17(23)11-15(20)12-7-4-6-10-16(12)22(26)27/h3-10,15,17,23H,2,11H2,1H3/t15-,17+,20+/m1/s1. The largest absolute Gasteiger partial charge is 0.464 e. The number of esters is 1. The molecule has 0 aliphatic carbocycles. The molecular formula is C20H18N2O6. The van der Waals surface area contributed by atoms with Crippen molar-refractivity contribution in [3.63, 3.8) is 0 Å². The first-order valence-corrected chi connectivity index (χ1v) is 8.96. The van der Waals surface area contributed by atoms with Crippen molar-refractivity contribution < 1.29 is 24.4 Å². The number of ether oxygens (including phenoxy) is 1. The van der Waals surface area contributed by atoms with E-state index in [0.29, 0.717) is 5.56 Å². The summed E-state index contributed by atoms with van der Waals surface area (Å²) in [7, 11) is 0. The van der Waals surface area contributed by atoms with Gasteiger partial charge in [-0.05, 0) is 13.0 Å². The fourth-order valence-corrected chi connectivity index (χ4v) is 4.53. The molecule has 2 aliphatic rings. The Balaban J connectivity index is 2.02. The number of aliphatic hydroxyl groups excluding tert-OH is 1. The molecule has 28 heavy (non-hydrogen) atoms. The van der Waals surface area contributed by atoms with E-state index in [9.17, 15) is 24.8 Å². The van der Waals surface area contributed by atoms with E-state index in [2.05, 4.69) is 0 Å². The zero-order chi connectivity index (χ0) is 20.1. The third-order valence-electron chi connectivity index (χ3n) is 5.51. The number of para-hydroxylation sites is 1. The summed E-state index contributed by atoms with van der Waals surface area (Å²) in [4.78, 5) is 38.5. The van der Waals surface area contributed by atoms with Gasteiger partial charge in [0.25, 0.3) is 11.6 Å². The number of nitrogens with zero attached hydrogens (tertiary/aromatic N) is 2. The maximum Gasteiger partial charge on any atom is 0.337 e. The minimum Gasteiger partial charge on any atom is -0.464 e. The third kappa shape index (κ3) is 2.21. The molecule has 8 nitrogen and oxygen atoms in total. The van der Waals surface area contributed by atoms with E-state index < -0.39 is 34.5 Å². The monoisotopic (exact) mass is 382 g/mol. The van der Waals surface area contributed by atoms with Crippen molar-refractivity contribution in [3.05, 3.63) is 75.3 Å². The van der Waals surface area contributed by atoms with Crippen LogP contribution < -0.4 is 0 Å². The fraction of sp³-hybridized carbons (Fsp3) is 0.300. The van der Waals surface area contributed by atoms with E-state index in [4.69, 9.17) is 4.74 Å². The van der Waals surface area contributed by atoms with Crippen LogP contribution in [-0.4, -0.2) is 39.6 Å². The maximum absolute atomic E-state index is 13.3. The smallest absolute Gasteiger partial charge is 0.337 e. The zero-order valence-electron chi connectivity index (χ0n) is 15.1. The van der Waals surface area contributed by atoms with Gasteiger partial charge in [0.15, 0.2) is 5.54 Å². The lowest BCUT2D eigenvalue weighted by Crippen LogP contribution is -2.51. The van der Waals surface area contributed by atoms with Crippen molar-refractivity contribution in [1.82, 2.24) is 4.90 Å². The lowest BCUT2D eigenvalue weighted by Gasteiger charge is -2.35. The molecule has 144 valence electrons. The zero-order valence-corrected chi connectivity index (χ0v) is 15.1. The molecule has 1 N–H and O–H groups in total. The average molecular weight is 382 g/mol. The lowest BCUT2D eigenvalue weighted by atomic mass is 9.75. The first-order valence-electron chi connectivity index (χ1n) is 8.96. The van der Waals surface area contributed by atoms with E-state index >= 15 is 0 Å². The van der Waals surface area contributed by atoms with Gasteiger partial charge < -0.3 is 9.84 Å². The Kier molecular flexibility index (Phi) is 4.15. The summed E-state index contributed by atoms with van der Waals surface area (Å²) < 4.78 is 5.32. The number of nitro groups is 1. The Morgan fingerprint density at radius 2 is 1.96 bits per heavy atom. The number of carbonyl (C=O) groups is 2.